The summed E-state index contributed by atoms with van der Waals surface area (Å²) in [6, 6.07) is 75.9. The van der Waals surface area contributed by atoms with Crippen LogP contribution in [-0.2, 0) is 0 Å². The Bertz CT molecular complexity index is 3830. The Morgan fingerprint density at radius 3 is 1.71 bits per heavy atom. The lowest BCUT2D eigenvalue weighted by molar-refractivity contribution is 1.14. The lowest BCUT2D eigenvalue weighted by Gasteiger charge is -2.35. The van der Waals surface area contributed by atoms with Crippen molar-refractivity contribution in [1.29, 1.82) is 0 Å². The molecule has 0 spiro atoms. The molecule has 5 heterocycles. The quantitative estimate of drug-likeness (QED) is 0.0954. The molecule has 290 valence electrons. The zero-order valence-corrected chi connectivity index (χ0v) is 34.6. The summed E-state index contributed by atoms with van der Waals surface area (Å²) in [6.07, 6.45) is 5.93. The summed E-state index contributed by atoms with van der Waals surface area (Å²) < 4.78 is 7.05. The van der Waals surface area contributed by atoms with E-state index in [2.05, 4.69) is 226 Å². The SMILES string of the molecule is c1ccc(-n2c3ccccc3c3ccc4c(c5cccnc5n4-c4cccc([Si](c5ccccc5)(c5ccccc5)c5ccc6c7ccccc7n7ccnc7c6c5)c4)c32)cc1. The molecule has 0 saturated heterocycles. The van der Waals surface area contributed by atoms with Gasteiger partial charge in [0.05, 0.1) is 22.1 Å². The zero-order chi connectivity index (χ0) is 40.8. The summed E-state index contributed by atoms with van der Waals surface area (Å²) in [6.45, 7) is 0. The third-order valence-corrected chi connectivity index (χ3v) is 17.8. The van der Waals surface area contributed by atoms with Crippen molar-refractivity contribution in [1.82, 2.24) is 23.5 Å². The molecule has 0 bridgehead atoms. The first-order valence-electron chi connectivity index (χ1n) is 21.2. The minimum absolute atomic E-state index is 0.933. The molecule has 5 aromatic heterocycles. The van der Waals surface area contributed by atoms with Crippen LogP contribution < -0.4 is 20.7 Å². The molecular weight excluding hydrogens is 771 g/mol. The minimum Gasteiger partial charge on any atom is -0.309 e. The normalized spacial score (nSPS) is 12.2. The van der Waals surface area contributed by atoms with E-state index >= 15 is 0 Å². The smallest absolute Gasteiger partial charge is 0.179 e. The van der Waals surface area contributed by atoms with Crippen LogP contribution in [0.2, 0.25) is 0 Å². The predicted molar refractivity (Wildman–Crippen MR) is 260 cm³/mol. The molecule has 0 unspecified atom stereocenters. The fourth-order valence-electron chi connectivity index (χ4n) is 10.6. The van der Waals surface area contributed by atoms with Crippen LogP contribution in [0.1, 0.15) is 0 Å². The lowest BCUT2D eigenvalue weighted by Crippen LogP contribution is -2.74. The highest BCUT2D eigenvalue weighted by Gasteiger charge is 2.42. The van der Waals surface area contributed by atoms with Crippen LogP contribution in [0.5, 0.6) is 0 Å². The average molecular weight is 808 g/mol. The fraction of sp³-hybridized carbons (Fsp3) is 0. The topological polar surface area (TPSA) is 40.0 Å². The van der Waals surface area contributed by atoms with E-state index in [1.165, 1.54) is 58.7 Å². The monoisotopic (exact) mass is 807 g/mol. The Morgan fingerprint density at radius 1 is 0.339 bits per heavy atom. The number of hydrogen-bond acceptors (Lipinski definition) is 2. The third-order valence-electron chi connectivity index (χ3n) is 13.1. The van der Waals surface area contributed by atoms with Gasteiger partial charge in [-0.25, -0.2) is 9.97 Å². The Kier molecular flexibility index (Phi) is 7.56. The molecule has 0 fully saturated rings. The van der Waals surface area contributed by atoms with Gasteiger partial charge in [0.15, 0.2) is 8.07 Å². The van der Waals surface area contributed by atoms with E-state index in [4.69, 9.17) is 9.97 Å². The van der Waals surface area contributed by atoms with Crippen molar-refractivity contribution >= 4 is 99.9 Å². The van der Waals surface area contributed by atoms with E-state index in [0.717, 1.165) is 44.5 Å². The second-order valence-corrected chi connectivity index (χ2v) is 20.0. The van der Waals surface area contributed by atoms with Gasteiger partial charge < -0.3 is 4.57 Å². The van der Waals surface area contributed by atoms with Crippen LogP contribution in [0.4, 0.5) is 0 Å². The largest absolute Gasteiger partial charge is 0.309 e. The number of benzene rings is 8. The maximum absolute atomic E-state index is 5.16. The van der Waals surface area contributed by atoms with Gasteiger partial charge in [0.1, 0.15) is 11.3 Å². The van der Waals surface area contributed by atoms with Gasteiger partial charge in [0.2, 0.25) is 0 Å². The van der Waals surface area contributed by atoms with Crippen molar-refractivity contribution < 1.29 is 0 Å². The zero-order valence-electron chi connectivity index (χ0n) is 33.6. The molecule has 8 aromatic carbocycles. The van der Waals surface area contributed by atoms with E-state index in [1.54, 1.807) is 0 Å². The molecule has 5 nitrogen and oxygen atoms in total. The van der Waals surface area contributed by atoms with E-state index in [1.807, 2.05) is 12.4 Å². The molecule has 13 rings (SSSR count). The van der Waals surface area contributed by atoms with Crippen LogP contribution in [0.15, 0.2) is 225 Å². The summed E-state index contributed by atoms with van der Waals surface area (Å²) in [7, 11) is -3.02. The first-order valence-corrected chi connectivity index (χ1v) is 23.2. The first kappa shape index (κ1) is 34.8. The summed E-state index contributed by atoms with van der Waals surface area (Å²) in [5, 5.41) is 13.6. The highest BCUT2D eigenvalue weighted by molar-refractivity contribution is 7.20. The maximum Gasteiger partial charge on any atom is 0.179 e. The van der Waals surface area contributed by atoms with Crippen molar-refractivity contribution in [2.45, 2.75) is 0 Å². The van der Waals surface area contributed by atoms with Crippen LogP contribution >= 0.6 is 0 Å². The molecule has 0 amide bonds. The van der Waals surface area contributed by atoms with Gasteiger partial charge >= 0.3 is 0 Å². The molecule has 0 aliphatic rings. The summed E-state index contributed by atoms with van der Waals surface area (Å²) in [5.41, 5.74) is 8.76. The van der Waals surface area contributed by atoms with E-state index in [0.29, 0.717) is 0 Å². The summed E-state index contributed by atoms with van der Waals surface area (Å²) in [5.74, 6) is 0. The molecule has 0 atom stereocenters. The molecule has 62 heavy (non-hydrogen) atoms. The van der Waals surface area contributed by atoms with Gasteiger partial charge in [-0.05, 0) is 80.7 Å². The standard InChI is InChI=1S/C56H37N5Si/c1-4-16-38(17-5-1)60-51-28-13-11-25-46(51)47-31-32-52-53(54(47)60)48-26-15-33-57-56(48)61(52)39-18-14-23-42(36-39)62(40-19-6-2-7-20-40,41-21-8-3-9-22-41)43-29-30-44-45-24-10-12-27-50(45)59-35-34-58-55(59)49(44)37-43/h1-37H. The molecule has 0 aliphatic carbocycles. The Hall–Kier alpha value is -8.06. The van der Waals surface area contributed by atoms with E-state index < -0.39 is 8.07 Å². The number of hydrogen-bond donors (Lipinski definition) is 0. The van der Waals surface area contributed by atoms with Crippen LogP contribution in [0, 0.1) is 0 Å². The fourth-order valence-corrected chi connectivity index (χ4v) is 15.3. The van der Waals surface area contributed by atoms with Gasteiger partial charge in [-0.1, -0.05) is 152 Å². The van der Waals surface area contributed by atoms with Gasteiger partial charge in [-0.15, -0.1) is 0 Å². The van der Waals surface area contributed by atoms with Gasteiger partial charge in [0.25, 0.3) is 0 Å². The van der Waals surface area contributed by atoms with Crippen molar-refractivity contribution in [3.8, 4) is 11.4 Å². The number of rotatable bonds is 6. The van der Waals surface area contributed by atoms with Crippen molar-refractivity contribution in [3.63, 3.8) is 0 Å². The second kappa shape index (κ2) is 13.5. The number of fused-ring (bicyclic) bond motifs is 13. The first-order chi connectivity index (χ1) is 30.8. The highest BCUT2D eigenvalue weighted by Crippen LogP contribution is 2.41. The van der Waals surface area contributed by atoms with Crippen LogP contribution in [0.3, 0.4) is 0 Å². The van der Waals surface area contributed by atoms with Gasteiger partial charge in [-0.2, -0.15) is 0 Å². The van der Waals surface area contributed by atoms with E-state index in [9.17, 15) is 0 Å². The second-order valence-electron chi connectivity index (χ2n) is 16.2. The van der Waals surface area contributed by atoms with Gasteiger partial charge in [-0.3, -0.25) is 8.97 Å². The van der Waals surface area contributed by atoms with Crippen molar-refractivity contribution in [2.75, 3.05) is 0 Å². The molecule has 0 radical (unpaired) electrons. The molecule has 0 saturated carbocycles. The molecular formula is C56H37N5Si. The number of aromatic nitrogens is 5. The maximum atomic E-state index is 5.16. The predicted octanol–water partition coefficient (Wildman–Crippen LogP) is 10.6. The summed E-state index contributed by atoms with van der Waals surface area (Å²) >= 11 is 0. The Morgan fingerprint density at radius 2 is 0.935 bits per heavy atom. The van der Waals surface area contributed by atoms with E-state index in [-0.39, 0.29) is 0 Å². The molecule has 13 aromatic rings. The highest BCUT2D eigenvalue weighted by atomic mass is 28.3. The van der Waals surface area contributed by atoms with Crippen LogP contribution in [0.25, 0.3) is 82.4 Å². The minimum atomic E-state index is -3.02. The molecule has 6 heteroatoms. The van der Waals surface area contributed by atoms with Gasteiger partial charge in [0, 0.05) is 62.3 Å². The number of nitrogens with zero attached hydrogens (tertiary/aromatic N) is 5. The number of pyridine rings is 2. The third kappa shape index (κ3) is 4.84. The number of para-hydroxylation sites is 3. The van der Waals surface area contributed by atoms with Crippen LogP contribution in [-0.4, -0.2) is 31.6 Å². The average Bonchev–Trinajstić information content (AvgIpc) is 4.07. The molecule has 0 aliphatic heterocycles. The molecule has 0 N–H and O–H groups in total. The lowest BCUT2D eigenvalue weighted by atomic mass is 10.1. The summed E-state index contributed by atoms with van der Waals surface area (Å²) in [4.78, 5) is 10.1. The number of imidazole rings is 1. The Balaban J connectivity index is 1.13. The Labute approximate surface area is 358 Å². The van der Waals surface area contributed by atoms with Crippen molar-refractivity contribution in [3.05, 3.63) is 225 Å². The van der Waals surface area contributed by atoms with Crippen molar-refractivity contribution in [2.24, 2.45) is 0 Å².